The van der Waals surface area contributed by atoms with Gasteiger partial charge in [-0.25, -0.2) is 0 Å². The first-order valence-corrected chi connectivity index (χ1v) is 45.4. The molecule has 0 fully saturated rings. The molecule has 134 heavy (non-hydrogen) atoms. The largest absolute Gasteiger partial charge is 0.508 e. The topological polar surface area (TPSA) is 637 Å². The van der Waals surface area contributed by atoms with E-state index in [9.17, 15) is 82.1 Å². The number of aromatic nitrogens is 1. The van der Waals surface area contributed by atoms with Gasteiger partial charge in [0.1, 0.15) is 107 Å². The van der Waals surface area contributed by atoms with Gasteiger partial charge in [-0.05, 0) is 181 Å². The number of para-hydroxylation sites is 1. The lowest BCUT2D eigenvalue weighted by Gasteiger charge is -2.33. The van der Waals surface area contributed by atoms with Crippen molar-refractivity contribution in [3.63, 3.8) is 0 Å². The molecular weight excluding hydrogens is 1730 g/mol. The van der Waals surface area contributed by atoms with Gasteiger partial charge in [-0.3, -0.25) is 91.1 Å². The third-order valence-electron chi connectivity index (χ3n) is 22.6. The van der Waals surface area contributed by atoms with Crippen LogP contribution in [-0.2, 0) is 110 Å². The molecule has 1 aliphatic rings. The van der Waals surface area contributed by atoms with Crippen LogP contribution in [0.5, 0.6) is 5.75 Å². The van der Waals surface area contributed by atoms with E-state index in [2.05, 4.69) is 95.4 Å². The van der Waals surface area contributed by atoms with Crippen LogP contribution in [0, 0.1) is 11.8 Å². The molecule has 1 aliphatic heterocycles. The van der Waals surface area contributed by atoms with Crippen LogP contribution in [0.25, 0.3) is 10.9 Å². The number of aliphatic hydroxyl groups excluding tert-OH is 1. The maximum Gasteiger partial charge on any atom is 0.246 e. The van der Waals surface area contributed by atoms with Gasteiger partial charge in [0.2, 0.25) is 112 Å². The van der Waals surface area contributed by atoms with Crippen LogP contribution in [0.3, 0.4) is 0 Å². The predicted molar refractivity (Wildman–Crippen MR) is 496 cm³/mol. The fourth-order valence-corrected chi connectivity index (χ4v) is 14.5. The lowest BCUT2D eigenvalue weighted by atomic mass is 9.91. The predicted octanol–water partition coefficient (Wildman–Crippen LogP) is -0.593. The Balaban J connectivity index is 1.54. The number of hydrogen-bond donors (Lipinski definition) is 22. The number of hydrogen-bond acceptors (Lipinski definition) is 21. The van der Waals surface area contributed by atoms with Crippen LogP contribution in [0.1, 0.15) is 211 Å². The third-order valence-corrected chi connectivity index (χ3v) is 22.6. The fourth-order valence-electron chi connectivity index (χ4n) is 14.5. The van der Waals surface area contributed by atoms with E-state index in [0.717, 1.165) is 0 Å². The van der Waals surface area contributed by atoms with Gasteiger partial charge in [0, 0.05) is 49.7 Å². The van der Waals surface area contributed by atoms with Gasteiger partial charge in [-0.1, -0.05) is 120 Å². The molecule has 736 valence electrons. The molecule has 5 rings (SSSR count). The van der Waals surface area contributed by atoms with Crippen LogP contribution in [-0.4, -0.2) is 235 Å². The number of phenols is 1. The lowest BCUT2D eigenvalue weighted by molar-refractivity contribution is -0.138. The number of phenolic OH excluding ortho intramolecular Hbond substituents is 1. The van der Waals surface area contributed by atoms with E-state index in [0.29, 0.717) is 59.7 Å². The average Bonchev–Trinajstić information content (AvgIpc) is 0.951. The molecule has 3 aromatic carbocycles. The summed E-state index contributed by atoms with van der Waals surface area (Å²) in [6, 6.07) is -0.0402. The van der Waals surface area contributed by atoms with Gasteiger partial charge in [-0.15, -0.1) is 0 Å². The number of aromatic hydroxyl groups is 1. The molecular formula is C93H138N20O21. The number of carbonyl (C=O) groups is 19. The second-order valence-electron chi connectivity index (χ2n) is 35.8. The third kappa shape index (κ3) is 36.7. The number of H-pyrrole nitrogens is 1. The first-order valence-electron chi connectivity index (χ1n) is 45.4. The quantitative estimate of drug-likeness (QED) is 0.0260. The van der Waals surface area contributed by atoms with Crippen molar-refractivity contribution in [3.05, 3.63) is 114 Å². The van der Waals surface area contributed by atoms with Crippen molar-refractivity contribution >= 4 is 123 Å². The monoisotopic (exact) mass is 1870 g/mol. The van der Waals surface area contributed by atoms with Gasteiger partial charge >= 0.3 is 0 Å². The van der Waals surface area contributed by atoms with Gasteiger partial charge < -0.3 is 117 Å². The van der Waals surface area contributed by atoms with Gasteiger partial charge in [0.15, 0.2) is 0 Å². The van der Waals surface area contributed by atoms with Crippen molar-refractivity contribution in [2.75, 3.05) is 0 Å². The van der Waals surface area contributed by atoms with E-state index in [1.807, 2.05) is 26.0 Å². The summed E-state index contributed by atoms with van der Waals surface area (Å²) < 4.78 is 0. The highest BCUT2D eigenvalue weighted by atomic mass is 16.3. The minimum absolute atomic E-state index is 0.0851. The van der Waals surface area contributed by atoms with E-state index in [4.69, 9.17) is 11.5 Å². The molecule has 41 nitrogen and oxygen atoms in total. The van der Waals surface area contributed by atoms with E-state index < -0.39 is 233 Å². The Labute approximate surface area is 780 Å². The molecule has 18 atom stereocenters. The van der Waals surface area contributed by atoms with Crippen LogP contribution < -0.4 is 102 Å². The van der Waals surface area contributed by atoms with Crippen molar-refractivity contribution in [1.29, 1.82) is 0 Å². The molecule has 0 bridgehead atoms. The number of carbonyl (C=O) groups excluding carboxylic acids is 19. The molecule has 1 aromatic heterocycles. The Hall–Kier alpha value is -13.4. The van der Waals surface area contributed by atoms with Crippen LogP contribution in [0.2, 0.25) is 0 Å². The summed E-state index contributed by atoms with van der Waals surface area (Å²) in [4.78, 5) is 269. The van der Waals surface area contributed by atoms with Crippen LogP contribution >= 0.6 is 0 Å². The van der Waals surface area contributed by atoms with Gasteiger partial charge in [-0.2, -0.15) is 0 Å². The molecule has 0 saturated carbocycles. The molecule has 0 radical (unpaired) electrons. The Kier molecular flexibility index (Phi) is 44.3. The number of rotatable bonds is 34. The summed E-state index contributed by atoms with van der Waals surface area (Å²) in [5.74, 6) is -17.3. The normalized spacial score (nSPS) is 22.2. The van der Waals surface area contributed by atoms with E-state index in [-0.39, 0.29) is 75.4 Å². The maximum atomic E-state index is 15.3. The van der Waals surface area contributed by atoms with Crippen molar-refractivity contribution in [1.82, 2.24) is 95.4 Å². The lowest BCUT2D eigenvalue weighted by Crippen LogP contribution is -2.64. The highest BCUT2D eigenvalue weighted by Crippen LogP contribution is 2.24. The van der Waals surface area contributed by atoms with E-state index >= 15 is 19.2 Å². The van der Waals surface area contributed by atoms with Gasteiger partial charge in [0.05, 0.1) is 6.10 Å². The maximum absolute atomic E-state index is 15.3. The molecule has 0 aliphatic carbocycles. The van der Waals surface area contributed by atoms with Crippen molar-refractivity contribution in [2.24, 2.45) is 23.3 Å². The van der Waals surface area contributed by atoms with E-state index in [1.165, 1.54) is 107 Å². The average molecular weight is 1870 g/mol. The molecule has 0 saturated heterocycles. The molecule has 19 amide bonds. The molecule has 0 spiro atoms. The number of primary amides is 2. The zero-order chi connectivity index (χ0) is 100. The zero-order valence-electron chi connectivity index (χ0n) is 79.2. The number of aliphatic hydroxyl groups is 1. The first kappa shape index (κ1) is 111. The highest BCUT2D eigenvalue weighted by Gasteiger charge is 2.43. The van der Waals surface area contributed by atoms with E-state index in [1.54, 1.807) is 74.6 Å². The Morgan fingerprint density at radius 3 is 1.50 bits per heavy atom. The van der Waals surface area contributed by atoms with Gasteiger partial charge in [0.25, 0.3) is 0 Å². The number of nitrogens with two attached hydrogens (primary N) is 2. The molecule has 4 aromatic rings. The number of benzene rings is 3. The molecule has 24 N–H and O–H groups in total. The second-order valence-corrected chi connectivity index (χ2v) is 35.8. The Morgan fingerprint density at radius 1 is 0.463 bits per heavy atom. The summed E-state index contributed by atoms with van der Waals surface area (Å²) in [7, 11) is 0. The van der Waals surface area contributed by atoms with Crippen molar-refractivity contribution in [3.8, 4) is 5.75 Å². The minimum atomic E-state index is -1.92. The second kappa shape index (κ2) is 53.4. The van der Waals surface area contributed by atoms with Crippen molar-refractivity contribution < 1.29 is 101 Å². The number of allylic oxidation sites excluding steroid dienone is 2. The summed E-state index contributed by atoms with van der Waals surface area (Å²) in [6.45, 7) is 22.9. The number of amides is 19. The van der Waals surface area contributed by atoms with Crippen molar-refractivity contribution in [2.45, 2.75) is 321 Å². The number of aromatic amines is 1. The summed E-state index contributed by atoms with van der Waals surface area (Å²) in [5, 5.41) is 66.2. The Morgan fingerprint density at radius 2 is 0.955 bits per heavy atom. The summed E-state index contributed by atoms with van der Waals surface area (Å²) in [6.07, 6.45) is 4.83. The minimum Gasteiger partial charge on any atom is -0.508 e. The number of fused-ring (bicyclic) bond motifs is 1. The molecule has 3 unspecified atom stereocenters. The molecule has 41 heteroatoms. The Bertz CT molecular complexity index is 4810. The summed E-state index contributed by atoms with van der Waals surface area (Å²) in [5.41, 5.74) is 9.08. The summed E-state index contributed by atoms with van der Waals surface area (Å²) >= 11 is 0. The highest BCUT2D eigenvalue weighted by molar-refractivity contribution is 6.03. The van der Waals surface area contributed by atoms with Crippen LogP contribution in [0.4, 0.5) is 0 Å². The SMILES string of the molecule is CC(=O)N[C@@H](CC(C)C)C(=O)N[C@H](C(=O)N[C@@H](Cc1ccccc1)C(=O)N[C@]1(C)CCCCCC/C=C/CCC[C@@](C)(C(=O)N[C@@H](C)C(=O)N[C@@H](C)C(=O)N[C@@H](C)C(=O)N[C@@H](C)C(=O)N[C@@H](C)C(=O)N[C@H](C)C(N)=O)NC(=O)C(CC(C)C)NC(=O)[C@H](CCC(N)=O)NC(=O)[C@H](C)NC(=O)C(Cc2c[nH]c3ccccc23)NC(=O)C(Cc2ccc(O)cc2)NC(=O)[C@H](C)NC1=O)[C@@H](C)O. The van der Waals surface area contributed by atoms with Crippen LogP contribution in [0.15, 0.2) is 97.2 Å². The standard InChI is InChI=1S/C93H138N20O21/c1-49(2)43-68(105-60(14)115)86(129)111-74(59(13)114)89(132)110-71(45-61-31-25-24-26-32-61)88(131)113-93(16)42-30-23-21-19-17-18-20-22-29-41-92(15,90(133)103-57(11)80(123)101-55(9)79(122)100-54(8)78(121)99-53(7)77(120)98-52(6)76(119)97-51(5)75(95)118)112-87(130)69(44-50(3)4)108-83(126)67(39-40-73(94)117)106-81(124)56(10)102-84(127)72(47-63-48-96-66-34-28-27-33-65(63)66)109-85(128)70(46-62-35-37-64(116)38-36-62)107-82(125)58(12)104-91(93)134/h18,20,24-28,31-38,48-59,67-72,74,96,114,116H,17,19,21-23,29-30,39-47H2,1-16H3,(H2,94,117)(H2,95,118)(H,97,119)(H,98,120)(H,99,121)(H,100,122)(H,101,123)(H,102,127)(H,103,133)(H,104,134)(H,105,115)(H,106,124)(H,107,125)(H,108,126)(H,109,128)(H,110,132)(H,111,129)(H,112,130)(H,113,131)/b20-18+/t51-,52+,53+,54+,55+,56+,57+,58+,59-,67+,68+,69?,70?,71+,72?,74+,92+,93-/m1/s1. The zero-order valence-corrected chi connectivity index (χ0v) is 79.2. The number of nitrogens with one attached hydrogen (secondary N) is 18. The smallest absolute Gasteiger partial charge is 0.246 e. The first-order chi connectivity index (χ1) is 62.9. The fraction of sp³-hybridized carbons (Fsp3) is 0.559. The molecule has 2 heterocycles.